The molecule has 1 amide bonds. The van der Waals surface area contributed by atoms with Gasteiger partial charge in [-0.2, -0.15) is 0 Å². The van der Waals surface area contributed by atoms with E-state index in [0.29, 0.717) is 22.9 Å². The van der Waals surface area contributed by atoms with Crippen molar-refractivity contribution in [2.24, 2.45) is 0 Å². The molecule has 6 nitrogen and oxygen atoms in total. The predicted octanol–water partition coefficient (Wildman–Crippen LogP) is 3.56. The van der Waals surface area contributed by atoms with E-state index in [-0.39, 0.29) is 23.0 Å². The number of halogens is 1. The number of benzene rings is 2. The molecule has 2 heterocycles. The molecule has 8 heteroatoms. The van der Waals surface area contributed by atoms with Crippen LogP contribution in [0.1, 0.15) is 16.8 Å². The van der Waals surface area contributed by atoms with E-state index in [0.717, 1.165) is 10.9 Å². The second-order valence-electron chi connectivity index (χ2n) is 6.24. The molecular formula is C19H15ClN4O2S. The number of rotatable bonds is 4. The number of aromatic nitrogens is 2. The van der Waals surface area contributed by atoms with Gasteiger partial charge in [-0.1, -0.05) is 35.9 Å². The number of fused-ring (bicyclic) bond motifs is 3. The Kier molecular flexibility index (Phi) is 4.63. The SMILES string of the molecule is O=C(CC1Nc2c3ccccc3nc(=S)n2C1=O)NCc1cccc(Cl)c1. The third-order valence-electron chi connectivity index (χ3n) is 4.39. The lowest BCUT2D eigenvalue weighted by molar-refractivity contribution is -0.121. The maximum atomic E-state index is 12.7. The third kappa shape index (κ3) is 3.43. The van der Waals surface area contributed by atoms with Crippen molar-refractivity contribution in [3.05, 3.63) is 63.9 Å². The second-order valence-corrected chi connectivity index (χ2v) is 7.04. The summed E-state index contributed by atoms with van der Waals surface area (Å²) in [5.41, 5.74) is 1.60. The number of nitrogens with one attached hydrogen (secondary N) is 2. The average Bonchev–Trinajstić information content (AvgIpc) is 2.97. The predicted molar refractivity (Wildman–Crippen MR) is 107 cm³/mol. The number of hydrogen-bond donors (Lipinski definition) is 2. The Hall–Kier alpha value is -2.77. The zero-order valence-electron chi connectivity index (χ0n) is 14.1. The van der Waals surface area contributed by atoms with Gasteiger partial charge >= 0.3 is 0 Å². The number of para-hydroxylation sites is 1. The van der Waals surface area contributed by atoms with E-state index >= 15 is 0 Å². The fourth-order valence-electron chi connectivity index (χ4n) is 3.11. The number of amides is 1. The summed E-state index contributed by atoms with van der Waals surface area (Å²) in [6.45, 7) is 0.344. The monoisotopic (exact) mass is 398 g/mol. The van der Waals surface area contributed by atoms with Crippen LogP contribution in [0.5, 0.6) is 0 Å². The van der Waals surface area contributed by atoms with Crippen molar-refractivity contribution in [2.45, 2.75) is 19.0 Å². The first-order chi connectivity index (χ1) is 13.0. The first-order valence-electron chi connectivity index (χ1n) is 8.36. The van der Waals surface area contributed by atoms with Gasteiger partial charge in [-0.15, -0.1) is 0 Å². The first kappa shape index (κ1) is 17.6. The van der Waals surface area contributed by atoms with Crippen molar-refractivity contribution in [2.75, 3.05) is 5.32 Å². The Morgan fingerprint density at radius 2 is 2.07 bits per heavy atom. The van der Waals surface area contributed by atoms with Gasteiger partial charge in [0.2, 0.25) is 10.7 Å². The highest BCUT2D eigenvalue weighted by molar-refractivity contribution is 7.71. The van der Waals surface area contributed by atoms with Crippen LogP contribution < -0.4 is 10.6 Å². The number of carbonyl (C=O) groups excluding carboxylic acids is 2. The summed E-state index contributed by atoms with van der Waals surface area (Å²) < 4.78 is 1.55. The molecule has 136 valence electrons. The molecular weight excluding hydrogens is 384 g/mol. The zero-order valence-corrected chi connectivity index (χ0v) is 15.7. The molecule has 4 rings (SSSR count). The van der Waals surface area contributed by atoms with E-state index in [1.54, 1.807) is 12.1 Å². The van der Waals surface area contributed by atoms with Crippen LogP contribution in [0, 0.1) is 4.77 Å². The minimum Gasteiger partial charge on any atom is -0.358 e. The van der Waals surface area contributed by atoms with Gasteiger partial charge in [-0.05, 0) is 42.0 Å². The van der Waals surface area contributed by atoms with Crippen molar-refractivity contribution >= 4 is 52.4 Å². The molecule has 1 unspecified atom stereocenters. The van der Waals surface area contributed by atoms with Crippen molar-refractivity contribution in [3.63, 3.8) is 0 Å². The Bertz CT molecular complexity index is 1130. The lowest BCUT2D eigenvalue weighted by atomic mass is 10.2. The van der Waals surface area contributed by atoms with Crippen LogP contribution >= 0.6 is 23.8 Å². The molecule has 1 atom stereocenters. The molecule has 0 fully saturated rings. The summed E-state index contributed by atoms with van der Waals surface area (Å²) in [7, 11) is 0. The number of hydrogen-bond acceptors (Lipinski definition) is 5. The minimum absolute atomic E-state index is 0.00415. The maximum absolute atomic E-state index is 12.7. The molecule has 27 heavy (non-hydrogen) atoms. The van der Waals surface area contributed by atoms with Gasteiger partial charge in [0.1, 0.15) is 11.9 Å². The second kappa shape index (κ2) is 7.09. The highest BCUT2D eigenvalue weighted by Gasteiger charge is 2.33. The van der Waals surface area contributed by atoms with Crippen LogP contribution in [-0.2, 0) is 11.3 Å². The number of anilines is 1. The summed E-state index contributed by atoms with van der Waals surface area (Å²) in [4.78, 5) is 29.3. The van der Waals surface area contributed by atoms with Gasteiger partial charge in [0.25, 0.3) is 5.91 Å². The van der Waals surface area contributed by atoms with Crippen molar-refractivity contribution in [1.29, 1.82) is 0 Å². The summed E-state index contributed by atoms with van der Waals surface area (Å²) in [6.07, 6.45) is 0.00415. The standard InChI is InChI=1S/C19H15ClN4O2S/c20-12-5-3-4-11(8-12)10-21-16(25)9-15-18(26)24-17(22-15)13-6-1-2-7-14(13)23-19(24)27/h1-8,15,22H,9-10H2,(H,21,25). The van der Waals surface area contributed by atoms with E-state index in [2.05, 4.69) is 15.6 Å². The quantitative estimate of drug-likeness (QED) is 0.657. The molecule has 3 aromatic rings. The first-order valence-corrected chi connectivity index (χ1v) is 9.15. The highest BCUT2D eigenvalue weighted by atomic mass is 35.5. The average molecular weight is 399 g/mol. The maximum Gasteiger partial charge on any atom is 0.257 e. The molecule has 1 aliphatic heterocycles. The van der Waals surface area contributed by atoms with E-state index < -0.39 is 6.04 Å². The number of nitrogens with zero attached hydrogens (tertiary/aromatic N) is 2. The number of carbonyl (C=O) groups is 2. The Morgan fingerprint density at radius 3 is 2.89 bits per heavy atom. The normalized spacial score (nSPS) is 15.4. The van der Waals surface area contributed by atoms with E-state index in [1.807, 2.05) is 36.4 Å². The van der Waals surface area contributed by atoms with Gasteiger partial charge in [0.05, 0.1) is 11.9 Å². The van der Waals surface area contributed by atoms with Crippen LogP contribution in [-0.4, -0.2) is 27.4 Å². The van der Waals surface area contributed by atoms with Gasteiger partial charge in [0, 0.05) is 17.0 Å². The van der Waals surface area contributed by atoms with E-state index in [4.69, 9.17) is 23.8 Å². The lowest BCUT2D eigenvalue weighted by Crippen LogP contribution is -2.33. The highest BCUT2D eigenvalue weighted by Crippen LogP contribution is 2.28. The van der Waals surface area contributed by atoms with Gasteiger partial charge in [-0.25, -0.2) is 9.55 Å². The molecule has 0 saturated heterocycles. The molecule has 0 spiro atoms. The Balaban J connectivity index is 1.50. The molecule has 0 aliphatic carbocycles. The van der Waals surface area contributed by atoms with E-state index in [9.17, 15) is 9.59 Å². The molecule has 1 aromatic heterocycles. The molecule has 0 radical (unpaired) electrons. The van der Waals surface area contributed by atoms with Crippen LogP contribution in [0.3, 0.4) is 0 Å². The van der Waals surface area contributed by atoms with Crippen LogP contribution in [0.15, 0.2) is 48.5 Å². The minimum atomic E-state index is -0.682. The summed E-state index contributed by atoms with van der Waals surface area (Å²) in [5.74, 6) is 0.0758. The molecule has 0 bridgehead atoms. The third-order valence-corrected chi connectivity index (χ3v) is 4.90. The molecule has 1 aliphatic rings. The van der Waals surface area contributed by atoms with Crippen molar-refractivity contribution in [1.82, 2.24) is 14.9 Å². The topological polar surface area (TPSA) is 76.0 Å². The smallest absolute Gasteiger partial charge is 0.257 e. The lowest BCUT2D eigenvalue weighted by Gasteiger charge is -2.10. The fourth-order valence-corrected chi connectivity index (χ4v) is 3.61. The Morgan fingerprint density at radius 1 is 1.26 bits per heavy atom. The fraction of sp³-hybridized carbons (Fsp3) is 0.158. The van der Waals surface area contributed by atoms with Gasteiger partial charge in [0.15, 0.2) is 0 Å². The zero-order chi connectivity index (χ0) is 19.0. The summed E-state index contributed by atoms with van der Waals surface area (Å²) in [5, 5.41) is 7.35. The van der Waals surface area contributed by atoms with Crippen molar-refractivity contribution in [3.8, 4) is 0 Å². The van der Waals surface area contributed by atoms with Gasteiger partial charge < -0.3 is 10.6 Å². The summed E-state index contributed by atoms with van der Waals surface area (Å²) in [6, 6.07) is 14.0. The van der Waals surface area contributed by atoms with E-state index in [1.165, 1.54) is 4.57 Å². The summed E-state index contributed by atoms with van der Waals surface area (Å²) >= 11 is 11.2. The molecule has 2 N–H and O–H groups in total. The van der Waals surface area contributed by atoms with Crippen LogP contribution in [0.4, 0.5) is 5.82 Å². The largest absolute Gasteiger partial charge is 0.358 e. The Labute approximate surface area is 165 Å². The van der Waals surface area contributed by atoms with Crippen LogP contribution in [0.2, 0.25) is 5.02 Å². The van der Waals surface area contributed by atoms with Crippen molar-refractivity contribution < 1.29 is 9.59 Å². The molecule has 2 aromatic carbocycles. The van der Waals surface area contributed by atoms with Gasteiger partial charge in [-0.3, -0.25) is 9.59 Å². The molecule has 0 saturated carbocycles. The van der Waals surface area contributed by atoms with Crippen LogP contribution in [0.25, 0.3) is 10.9 Å².